The van der Waals surface area contributed by atoms with Crippen molar-refractivity contribution in [3.63, 3.8) is 0 Å². The number of nitrogens with zero attached hydrogens (tertiary/aromatic N) is 1. The molecule has 0 radical (unpaired) electrons. The molecule has 3 N–H and O–H groups in total. The summed E-state index contributed by atoms with van der Waals surface area (Å²) in [5.74, 6) is -0.890. The first kappa shape index (κ1) is 24.7. The second-order valence-corrected chi connectivity index (χ2v) is 9.16. The third-order valence-electron chi connectivity index (χ3n) is 4.91. The lowest BCUT2D eigenvalue weighted by Crippen LogP contribution is -2.48. The van der Waals surface area contributed by atoms with Crippen molar-refractivity contribution >= 4 is 10.0 Å². The van der Waals surface area contributed by atoms with Crippen LogP contribution in [0, 0.1) is 11.6 Å². The van der Waals surface area contributed by atoms with Crippen molar-refractivity contribution in [3.8, 4) is 5.75 Å². The molecule has 2 unspecified atom stereocenters. The minimum atomic E-state index is -4.04. The Hall–Kier alpha value is -2.92. The number of rotatable bonds is 11. The maximum absolute atomic E-state index is 13.7. The fourth-order valence-electron chi connectivity index (χ4n) is 3.30. The van der Waals surface area contributed by atoms with Crippen LogP contribution < -0.4 is 14.8 Å². The van der Waals surface area contributed by atoms with Gasteiger partial charge in [-0.25, -0.2) is 21.9 Å². The van der Waals surface area contributed by atoms with E-state index < -0.39 is 33.8 Å². The molecular formula is C23H25F2N3O4S. The molecule has 0 aliphatic rings. The Kier molecular flexibility index (Phi) is 8.45. The van der Waals surface area contributed by atoms with Crippen LogP contribution in [0.1, 0.15) is 11.1 Å². The SMILES string of the molecule is COc1cccc(CNCC(O)C(Cc2cc(F)cc(F)c2)NS(=O)(=O)c2cccnc2)c1. The molecule has 0 saturated heterocycles. The van der Waals surface area contributed by atoms with E-state index in [9.17, 15) is 22.3 Å². The van der Waals surface area contributed by atoms with Crippen molar-refractivity contribution in [2.45, 2.75) is 30.0 Å². The van der Waals surface area contributed by atoms with Gasteiger partial charge in [-0.2, -0.15) is 0 Å². The van der Waals surface area contributed by atoms with E-state index in [-0.39, 0.29) is 23.4 Å². The van der Waals surface area contributed by atoms with Crippen LogP contribution in [0.4, 0.5) is 8.78 Å². The minimum Gasteiger partial charge on any atom is -0.497 e. The summed E-state index contributed by atoms with van der Waals surface area (Å²) in [6.45, 7) is 0.417. The minimum absolute atomic E-state index is 0.0230. The van der Waals surface area contributed by atoms with Gasteiger partial charge in [-0.05, 0) is 53.9 Å². The van der Waals surface area contributed by atoms with E-state index in [1.54, 1.807) is 13.2 Å². The van der Waals surface area contributed by atoms with E-state index in [0.29, 0.717) is 12.3 Å². The molecule has 176 valence electrons. The molecule has 0 fully saturated rings. The Balaban J connectivity index is 1.74. The van der Waals surface area contributed by atoms with Crippen molar-refractivity contribution < 1.29 is 27.0 Å². The summed E-state index contributed by atoms with van der Waals surface area (Å²) < 4.78 is 60.5. The average molecular weight is 478 g/mol. The smallest absolute Gasteiger partial charge is 0.242 e. The van der Waals surface area contributed by atoms with E-state index in [1.165, 1.54) is 24.5 Å². The zero-order chi connectivity index (χ0) is 23.8. The highest BCUT2D eigenvalue weighted by molar-refractivity contribution is 7.89. The number of aromatic nitrogens is 1. The number of sulfonamides is 1. The largest absolute Gasteiger partial charge is 0.497 e. The van der Waals surface area contributed by atoms with Gasteiger partial charge in [0.25, 0.3) is 0 Å². The molecule has 0 bridgehead atoms. The number of hydrogen-bond acceptors (Lipinski definition) is 6. The van der Waals surface area contributed by atoms with E-state index in [0.717, 1.165) is 23.8 Å². The molecule has 1 aromatic heterocycles. The third kappa shape index (κ3) is 7.29. The van der Waals surface area contributed by atoms with Crippen molar-refractivity contribution in [1.82, 2.24) is 15.0 Å². The first-order valence-corrected chi connectivity index (χ1v) is 11.6. The molecule has 7 nitrogen and oxygen atoms in total. The van der Waals surface area contributed by atoms with Gasteiger partial charge in [0.1, 0.15) is 22.3 Å². The number of hydrogen-bond donors (Lipinski definition) is 3. The first-order chi connectivity index (χ1) is 15.8. The van der Waals surface area contributed by atoms with Crippen LogP contribution in [0.25, 0.3) is 0 Å². The van der Waals surface area contributed by atoms with E-state index >= 15 is 0 Å². The molecule has 2 aromatic carbocycles. The molecule has 2 atom stereocenters. The number of pyridine rings is 1. The van der Waals surface area contributed by atoms with Gasteiger partial charge in [-0.3, -0.25) is 4.98 Å². The van der Waals surface area contributed by atoms with Gasteiger partial charge >= 0.3 is 0 Å². The molecule has 3 rings (SSSR count). The summed E-state index contributed by atoms with van der Waals surface area (Å²) in [5, 5.41) is 13.8. The second-order valence-electron chi connectivity index (χ2n) is 7.45. The fraction of sp³-hybridized carbons (Fsp3) is 0.261. The third-order valence-corrected chi connectivity index (χ3v) is 6.39. The van der Waals surface area contributed by atoms with Gasteiger partial charge in [0.2, 0.25) is 10.0 Å². The molecule has 0 amide bonds. The highest BCUT2D eigenvalue weighted by atomic mass is 32.2. The number of benzene rings is 2. The lowest BCUT2D eigenvalue weighted by Gasteiger charge is -2.25. The van der Waals surface area contributed by atoms with Crippen LogP contribution in [-0.4, -0.2) is 44.3 Å². The van der Waals surface area contributed by atoms with Crippen molar-refractivity contribution in [2.24, 2.45) is 0 Å². The maximum atomic E-state index is 13.7. The molecule has 33 heavy (non-hydrogen) atoms. The zero-order valence-electron chi connectivity index (χ0n) is 17.9. The quantitative estimate of drug-likeness (QED) is 0.392. The van der Waals surface area contributed by atoms with Gasteiger partial charge in [-0.1, -0.05) is 12.1 Å². The predicted octanol–water partition coefficient (Wildman–Crippen LogP) is 2.41. The van der Waals surface area contributed by atoms with Crippen molar-refractivity contribution in [3.05, 3.63) is 89.8 Å². The molecule has 1 heterocycles. The number of nitrogens with one attached hydrogen (secondary N) is 2. The van der Waals surface area contributed by atoms with Crippen LogP contribution >= 0.6 is 0 Å². The lowest BCUT2D eigenvalue weighted by atomic mass is 10.0. The fourth-order valence-corrected chi connectivity index (χ4v) is 4.53. The standard InChI is InChI=1S/C23H25F2N3O4S/c1-32-20-5-2-4-16(10-20)13-27-15-23(29)22(11-17-8-18(24)12-19(25)9-17)28-33(30,31)21-6-3-7-26-14-21/h2-10,12,14,22-23,27-29H,11,13,15H2,1H3. The van der Waals surface area contributed by atoms with Crippen LogP contribution in [-0.2, 0) is 23.0 Å². The number of halogens is 2. The summed E-state index contributed by atoms with van der Waals surface area (Å²) in [6.07, 6.45) is 1.28. The molecule has 0 aliphatic heterocycles. The van der Waals surface area contributed by atoms with E-state index in [4.69, 9.17) is 4.74 Å². The summed E-state index contributed by atoms with van der Waals surface area (Å²) in [6, 6.07) is 12.0. The Morgan fingerprint density at radius 2 is 1.82 bits per heavy atom. The Morgan fingerprint density at radius 1 is 1.06 bits per heavy atom. The molecule has 0 spiro atoms. The maximum Gasteiger partial charge on any atom is 0.242 e. The normalized spacial score (nSPS) is 13.5. The monoisotopic (exact) mass is 477 g/mol. The molecule has 0 saturated carbocycles. The Morgan fingerprint density at radius 3 is 2.48 bits per heavy atom. The molecule has 10 heteroatoms. The highest BCUT2D eigenvalue weighted by Crippen LogP contribution is 2.15. The lowest BCUT2D eigenvalue weighted by molar-refractivity contribution is 0.134. The number of aliphatic hydroxyl groups excluding tert-OH is 1. The number of ether oxygens (including phenoxy) is 1. The molecular weight excluding hydrogens is 452 g/mol. The van der Waals surface area contributed by atoms with Gasteiger partial charge in [0.05, 0.1) is 19.3 Å². The van der Waals surface area contributed by atoms with Gasteiger partial charge in [-0.15, -0.1) is 0 Å². The van der Waals surface area contributed by atoms with Crippen LogP contribution in [0.15, 0.2) is 71.9 Å². The zero-order valence-corrected chi connectivity index (χ0v) is 18.7. The summed E-state index contributed by atoms with van der Waals surface area (Å²) >= 11 is 0. The molecule has 3 aromatic rings. The van der Waals surface area contributed by atoms with Crippen molar-refractivity contribution in [2.75, 3.05) is 13.7 Å². The Bertz CT molecular complexity index is 1140. The number of methoxy groups -OCH3 is 1. The van der Waals surface area contributed by atoms with Crippen molar-refractivity contribution in [1.29, 1.82) is 0 Å². The summed E-state index contributed by atoms with van der Waals surface area (Å²) in [7, 11) is -2.48. The molecule has 0 aliphatic carbocycles. The van der Waals surface area contributed by atoms with Gasteiger partial charge < -0.3 is 15.2 Å². The second kappa shape index (κ2) is 11.3. The summed E-state index contributed by atoms with van der Waals surface area (Å²) in [5.41, 5.74) is 1.11. The van der Waals surface area contributed by atoms with Crippen LogP contribution in [0.2, 0.25) is 0 Å². The number of aliphatic hydroxyl groups is 1. The van der Waals surface area contributed by atoms with Gasteiger partial charge in [0.15, 0.2) is 0 Å². The van der Waals surface area contributed by atoms with E-state index in [2.05, 4.69) is 15.0 Å². The predicted molar refractivity (Wildman–Crippen MR) is 119 cm³/mol. The highest BCUT2D eigenvalue weighted by Gasteiger charge is 2.26. The topological polar surface area (TPSA) is 101 Å². The Labute approximate surface area is 191 Å². The average Bonchev–Trinajstić information content (AvgIpc) is 2.78. The summed E-state index contributed by atoms with van der Waals surface area (Å²) in [4.78, 5) is 3.72. The van der Waals surface area contributed by atoms with Crippen LogP contribution in [0.5, 0.6) is 5.75 Å². The first-order valence-electron chi connectivity index (χ1n) is 10.2. The van der Waals surface area contributed by atoms with E-state index in [1.807, 2.05) is 18.2 Å². The van der Waals surface area contributed by atoms with Crippen LogP contribution in [0.3, 0.4) is 0 Å². The van der Waals surface area contributed by atoms with Gasteiger partial charge in [0, 0.05) is 31.5 Å².